The molecule has 0 aliphatic rings. The largest absolute Gasteiger partial charge is 0.396 e. The molecule has 0 aliphatic heterocycles. The van der Waals surface area contributed by atoms with Gasteiger partial charge in [-0.15, -0.1) is 0 Å². The van der Waals surface area contributed by atoms with Crippen molar-refractivity contribution < 1.29 is 19.0 Å². The molecule has 16 heavy (non-hydrogen) atoms. The number of halogens is 2. The summed E-state index contributed by atoms with van der Waals surface area (Å²) in [4.78, 5) is 0. The van der Waals surface area contributed by atoms with Crippen molar-refractivity contribution in [3.63, 3.8) is 0 Å². The Morgan fingerprint density at radius 1 is 1.50 bits per heavy atom. The second-order valence-corrected chi connectivity index (χ2v) is 3.71. The highest BCUT2D eigenvalue weighted by atomic mass is 19.3. The Balaban J connectivity index is 3.08. The lowest BCUT2D eigenvalue weighted by molar-refractivity contribution is 0.0981. The molecule has 0 saturated heterocycles. The van der Waals surface area contributed by atoms with Crippen LogP contribution in [-0.2, 0) is 7.05 Å². The minimum atomic E-state index is -2.70. The minimum Gasteiger partial charge on any atom is -0.396 e. The van der Waals surface area contributed by atoms with Gasteiger partial charge in [0, 0.05) is 24.7 Å². The maximum atomic E-state index is 12.7. The lowest BCUT2D eigenvalue weighted by Crippen LogP contribution is -2.21. The molecule has 0 bridgehead atoms. The molecule has 1 aromatic rings. The highest BCUT2D eigenvalue weighted by Crippen LogP contribution is 2.29. The first kappa shape index (κ1) is 13.1. The molecule has 92 valence electrons. The number of aliphatic hydroxyl groups is 2. The van der Waals surface area contributed by atoms with Gasteiger partial charge in [-0.25, -0.2) is 8.78 Å². The quantitative estimate of drug-likeness (QED) is 0.805. The number of hydrogen-bond donors (Lipinski definition) is 2. The van der Waals surface area contributed by atoms with Crippen molar-refractivity contribution in [2.75, 3.05) is 6.61 Å². The van der Waals surface area contributed by atoms with Gasteiger partial charge in [0.1, 0.15) is 5.69 Å². The average molecular weight is 234 g/mol. The summed E-state index contributed by atoms with van der Waals surface area (Å²) in [5.74, 6) is -0.706. The number of rotatable bonds is 5. The Morgan fingerprint density at radius 2 is 2.12 bits per heavy atom. The van der Waals surface area contributed by atoms with Gasteiger partial charge >= 0.3 is 0 Å². The van der Waals surface area contributed by atoms with Crippen LogP contribution >= 0.6 is 0 Å². The van der Waals surface area contributed by atoms with Crippen LogP contribution in [0.1, 0.15) is 36.9 Å². The Bertz CT molecular complexity index is 342. The van der Waals surface area contributed by atoms with Crippen LogP contribution in [0, 0.1) is 0 Å². The van der Waals surface area contributed by atoms with Gasteiger partial charge in [-0.3, -0.25) is 4.68 Å². The molecular formula is C10H16F2N2O2. The van der Waals surface area contributed by atoms with Gasteiger partial charge in [-0.2, -0.15) is 5.10 Å². The zero-order valence-corrected chi connectivity index (χ0v) is 9.27. The third-order valence-corrected chi connectivity index (χ3v) is 2.57. The van der Waals surface area contributed by atoms with Crippen LogP contribution in [0.4, 0.5) is 8.78 Å². The van der Waals surface area contributed by atoms with E-state index in [1.165, 1.54) is 17.9 Å². The molecule has 1 rings (SSSR count). The third kappa shape index (κ3) is 2.56. The highest BCUT2D eigenvalue weighted by molar-refractivity contribution is 5.24. The third-order valence-electron chi connectivity index (χ3n) is 2.57. The summed E-state index contributed by atoms with van der Waals surface area (Å²) in [6.45, 7) is 1.35. The first-order valence-electron chi connectivity index (χ1n) is 5.11. The molecular weight excluding hydrogens is 218 g/mol. The molecule has 4 nitrogen and oxygen atoms in total. The SMILES string of the molecule is CCC(O)C(CO)c1cn(C)nc1C(F)F. The Labute approximate surface area is 92.5 Å². The number of hydrogen-bond acceptors (Lipinski definition) is 3. The van der Waals surface area contributed by atoms with Gasteiger partial charge in [-0.1, -0.05) is 6.92 Å². The van der Waals surface area contributed by atoms with Gasteiger partial charge in [0.05, 0.1) is 12.7 Å². The van der Waals surface area contributed by atoms with Crippen LogP contribution < -0.4 is 0 Å². The number of aliphatic hydroxyl groups excluding tert-OH is 2. The summed E-state index contributed by atoms with van der Waals surface area (Å²) in [6, 6.07) is 0. The highest BCUT2D eigenvalue weighted by Gasteiger charge is 2.27. The molecule has 0 aliphatic carbocycles. The standard InChI is InChI=1S/C10H16F2N2O2/c1-3-8(16)7(5-15)6-4-14(2)13-9(6)10(11)12/h4,7-8,10,15-16H,3,5H2,1-2H3. The van der Waals surface area contributed by atoms with Crippen LogP contribution in [0.25, 0.3) is 0 Å². The van der Waals surface area contributed by atoms with E-state index >= 15 is 0 Å². The van der Waals surface area contributed by atoms with Crippen LogP contribution in [0.3, 0.4) is 0 Å². The van der Waals surface area contributed by atoms with Crippen LogP contribution in [0.15, 0.2) is 6.20 Å². The summed E-state index contributed by atoms with van der Waals surface area (Å²) in [5.41, 5.74) is -0.150. The number of aromatic nitrogens is 2. The van der Waals surface area contributed by atoms with Crippen molar-refractivity contribution in [1.29, 1.82) is 0 Å². The van der Waals surface area contributed by atoms with Gasteiger partial charge in [0.15, 0.2) is 0 Å². The monoisotopic (exact) mass is 234 g/mol. The Kier molecular flexibility index (Phi) is 4.37. The van der Waals surface area contributed by atoms with E-state index in [2.05, 4.69) is 5.10 Å². The fourth-order valence-corrected chi connectivity index (χ4v) is 1.69. The number of alkyl halides is 2. The lowest BCUT2D eigenvalue weighted by atomic mass is 9.93. The maximum Gasteiger partial charge on any atom is 0.282 e. The summed E-state index contributed by atoms with van der Waals surface area (Å²) in [5, 5.41) is 22.4. The van der Waals surface area contributed by atoms with Crippen molar-refractivity contribution in [3.05, 3.63) is 17.5 Å². The predicted octanol–water partition coefficient (Wildman–Crippen LogP) is 1.20. The smallest absolute Gasteiger partial charge is 0.282 e. The molecule has 1 heterocycles. The zero-order chi connectivity index (χ0) is 12.3. The normalized spacial score (nSPS) is 15.4. The zero-order valence-electron chi connectivity index (χ0n) is 9.27. The van der Waals surface area contributed by atoms with Crippen LogP contribution in [0.2, 0.25) is 0 Å². The molecule has 6 heteroatoms. The molecule has 2 atom stereocenters. The van der Waals surface area contributed by atoms with Crippen molar-refractivity contribution >= 4 is 0 Å². The molecule has 2 unspecified atom stereocenters. The predicted molar refractivity (Wildman–Crippen MR) is 54.3 cm³/mol. The van der Waals surface area contributed by atoms with Crippen molar-refractivity contribution in [2.45, 2.75) is 31.8 Å². The fraction of sp³-hybridized carbons (Fsp3) is 0.700. The minimum absolute atomic E-state index is 0.217. The van der Waals surface area contributed by atoms with Crippen molar-refractivity contribution in [2.24, 2.45) is 7.05 Å². The second kappa shape index (κ2) is 5.36. The summed E-state index contributed by atoms with van der Waals surface area (Å²) >= 11 is 0. The fourth-order valence-electron chi connectivity index (χ4n) is 1.69. The van der Waals surface area contributed by atoms with E-state index < -0.39 is 18.4 Å². The molecule has 0 amide bonds. The Hall–Kier alpha value is -1.01. The van der Waals surface area contributed by atoms with Gasteiger partial charge in [-0.05, 0) is 6.42 Å². The number of nitrogens with zero attached hydrogens (tertiary/aromatic N) is 2. The topological polar surface area (TPSA) is 58.3 Å². The van der Waals surface area contributed by atoms with E-state index in [0.29, 0.717) is 6.42 Å². The van der Waals surface area contributed by atoms with Crippen molar-refractivity contribution in [3.8, 4) is 0 Å². The average Bonchev–Trinajstić information content (AvgIpc) is 2.61. The summed E-state index contributed by atoms with van der Waals surface area (Å²) < 4.78 is 26.6. The van der Waals surface area contributed by atoms with Gasteiger partial charge < -0.3 is 10.2 Å². The first-order chi connectivity index (χ1) is 7.51. The molecule has 0 radical (unpaired) electrons. The van der Waals surface area contributed by atoms with E-state index in [1.54, 1.807) is 6.92 Å². The Morgan fingerprint density at radius 3 is 2.56 bits per heavy atom. The second-order valence-electron chi connectivity index (χ2n) is 3.71. The van der Waals surface area contributed by atoms with Gasteiger partial charge in [0.25, 0.3) is 6.43 Å². The lowest BCUT2D eigenvalue weighted by Gasteiger charge is -2.19. The molecule has 0 aromatic carbocycles. The maximum absolute atomic E-state index is 12.7. The van der Waals surface area contributed by atoms with Gasteiger partial charge in [0.2, 0.25) is 0 Å². The van der Waals surface area contributed by atoms with Crippen LogP contribution in [0.5, 0.6) is 0 Å². The summed E-state index contributed by atoms with van der Waals surface area (Å²) in [6.07, 6.45) is -1.73. The van der Waals surface area contributed by atoms with E-state index in [4.69, 9.17) is 5.11 Å². The van der Waals surface area contributed by atoms with E-state index in [9.17, 15) is 13.9 Å². The molecule has 0 spiro atoms. The molecule has 0 fully saturated rings. The molecule has 2 N–H and O–H groups in total. The van der Waals surface area contributed by atoms with Crippen molar-refractivity contribution in [1.82, 2.24) is 9.78 Å². The molecule has 1 aromatic heterocycles. The van der Waals surface area contributed by atoms with E-state index in [1.807, 2.05) is 0 Å². The van der Waals surface area contributed by atoms with Crippen LogP contribution in [-0.4, -0.2) is 32.7 Å². The van der Waals surface area contributed by atoms with E-state index in [-0.39, 0.29) is 17.9 Å². The number of aryl methyl sites for hydroxylation is 1. The first-order valence-corrected chi connectivity index (χ1v) is 5.11. The van der Waals surface area contributed by atoms with E-state index in [0.717, 1.165) is 0 Å². The summed E-state index contributed by atoms with van der Waals surface area (Å²) in [7, 11) is 1.53. The molecule has 0 saturated carbocycles.